The number of halogens is 3. The van der Waals surface area contributed by atoms with Crippen molar-refractivity contribution in [3.05, 3.63) is 58.8 Å². The molecule has 4 rings (SSSR count). The highest BCUT2D eigenvalue weighted by Gasteiger charge is 2.36. The number of aromatic nitrogens is 4. The van der Waals surface area contributed by atoms with Gasteiger partial charge in [-0.05, 0) is 31.5 Å². The minimum absolute atomic E-state index is 0.0633. The van der Waals surface area contributed by atoms with Gasteiger partial charge >= 0.3 is 0 Å². The summed E-state index contributed by atoms with van der Waals surface area (Å²) in [6, 6.07) is 1.08. The highest BCUT2D eigenvalue weighted by Crippen LogP contribution is 2.33. The number of amides is 1. The standard InChI is InChI=1S/C21H22F3N7O2/c1-10-17-19(30(3)18(11(2)32)20(33)28-17)29-21(27-10)25-6-13-7-26-31(9-13)8-12-4-14(22)16(24)15(23)5-12/h4-5,7,9,11,18,32H,6,8H2,1-3H3,(H,28,33)(H,25,27,29)/t11-,18+/m1/s1. The lowest BCUT2D eigenvalue weighted by molar-refractivity contribution is -0.119. The molecule has 1 aliphatic rings. The molecule has 3 N–H and O–H groups in total. The van der Waals surface area contributed by atoms with E-state index in [0.717, 1.165) is 17.7 Å². The molecule has 0 radical (unpaired) electrons. The molecule has 0 unspecified atom stereocenters. The Bertz CT molecular complexity index is 1190. The van der Waals surface area contributed by atoms with Crippen LogP contribution in [0, 0.1) is 24.4 Å². The maximum atomic E-state index is 13.4. The fourth-order valence-corrected chi connectivity index (χ4v) is 3.74. The maximum Gasteiger partial charge on any atom is 0.249 e. The second-order valence-corrected chi connectivity index (χ2v) is 7.89. The maximum absolute atomic E-state index is 13.4. The number of fused-ring (bicyclic) bond motifs is 1. The lowest BCUT2D eigenvalue weighted by Crippen LogP contribution is -2.52. The summed E-state index contributed by atoms with van der Waals surface area (Å²) in [6.07, 6.45) is 2.35. The van der Waals surface area contributed by atoms with Crippen molar-refractivity contribution in [2.75, 3.05) is 22.6 Å². The zero-order chi connectivity index (χ0) is 23.9. The van der Waals surface area contributed by atoms with Crippen molar-refractivity contribution in [2.24, 2.45) is 0 Å². The number of hydrogen-bond donors (Lipinski definition) is 3. The van der Waals surface area contributed by atoms with Crippen LogP contribution in [0.15, 0.2) is 24.5 Å². The molecule has 12 heteroatoms. The van der Waals surface area contributed by atoms with E-state index in [-0.39, 0.29) is 18.0 Å². The van der Waals surface area contributed by atoms with Gasteiger partial charge < -0.3 is 20.6 Å². The average molecular weight is 461 g/mol. The van der Waals surface area contributed by atoms with Crippen LogP contribution in [0.4, 0.5) is 30.6 Å². The number of nitrogens with zero attached hydrogens (tertiary/aromatic N) is 5. The molecule has 1 amide bonds. The topological polar surface area (TPSA) is 108 Å². The number of carbonyl (C=O) groups is 1. The van der Waals surface area contributed by atoms with Crippen LogP contribution in [0.2, 0.25) is 0 Å². The Morgan fingerprint density at radius 3 is 2.58 bits per heavy atom. The van der Waals surface area contributed by atoms with Gasteiger partial charge in [-0.1, -0.05) is 0 Å². The van der Waals surface area contributed by atoms with Crippen LogP contribution in [-0.4, -0.2) is 50.0 Å². The fraction of sp³-hybridized carbons (Fsp3) is 0.333. The molecule has 2 aromatic heterocycles. The molecule has 3 aromatic rings. The van der Waals surface area contributed by atoms with Crippen molar-refractivity contribution in [3.8, 4) is 0 Å². The first kappa shape index (κ1) is 22.5. The van der Waals surface area contributed by atoms with Crippen LogP contribution in [0.25, 0.3) is 0 Å². The molecule has 1 aliphatic heterocycles. The fourth-order valence-electron chi connectivity index (χ4n) is 3.74. The van der Waals surface area contributed by atoms with Crippen molar-refractivity contribution >= 4 is 23.4 Å². The van der Waals surface area contributed by atoms with Gasteiger partial charge in [0.15, 0.2) is 23.3 Å². The van der Waals surface area contributed by atoms with Gasteiger partial charge in [-0.15, -0.1) is 0 Å². The molecule has 1 aromatic carbocycles. The summed E-state index contributed by atoms with van der Waals surface area (Å²) in [7, 11) is 1.68. The first-order valence-electron chi connectivity index (χ1n) is 10.1. The van der Waals surface area contributed by atoms with Crippen LogP contribution in [0.3, 0.4) is 0 Å². The molecular weight excluding hydrogens is 439 g/mol. The predicted molar refractivity (Wildman–Crippen MR) is 114 cm³/mol. The SMILES string of the molecule is Cc1nc(NCc2cnn(Cc3cc(F)c(F)c(F)c3)c2)nc2c1NC(=O)[C@H]([C@@H](C)O)N2C. The normalized spacial score (nSPS) is 16.4. The third-order valence-corrected chi connectivity index (χ3v) is 5.32. The summed E-state index contributed by atoms with van der Waals surface area (Å²) < 4.78 is 41.4. The molecule has 33 heavy (non-hydrogen) atoms. The Hall–Kier alpha value is -3.67. The van der Waals surface area contributed by atoms with Crippen LogP contribution >= 0.6 is 0 Å². The van der Waals surface area contributed by atoms with Gasteiger partial charge in [0.25, 0.3) is 0 Å². The van der Waals surface area contributed by atoms with Gasteiger partial charge in [-0.25, -0.2) is 18.2 Å². The van der Waals surface area contributed by atoms with Gasteiger partial charge in [0.2, 0.25) is 11.9 Å². The second-order valence-electron chi connectivity index (χ2n) is 7.89. The number of benzene rings is 1. The van der Waals surface area contributed by atoms with Gasteiger partial charge in [0.1, 0.15) is 11.7 Å². The Morgan fingerprint density at radius 1 is 1.21 bits per heavy atom. The molecule has 0 saturated carbocycles. The van der Waals surface area contributed by atoms with Crippen LogP contribution in [0.1, 0.15) is 23.7 Å². The Kier molecular flexibility index (Phi) is 5.93. The number of aliphatic hydroxyl groups excluding tert-OH is 1. The first-order valence-corrected chi connectivity index (χ1v) is 10.1. The number of carbonyl (C=O) groups excluding carboxylic acids is 1. The highest BCUT2D eigenvalue weighted by atomic mass is 19.2. The summed E-state index contributed by atoms with van der Waals surface area (Å²) in [5.74, 6) is -3.55. The quantitative estimate of drug-likeness (QED) is 0.483. The lowest BCUT2D eigenvalue weighted by atomic mass is 10.1. The highest BCUT2D eigenvalue weighted by molar-refractivity contribution is 6.03. The third-order valence-electron chi connectivity index (χ3n) is 5.32. The Morgan fingerprint density at radius 2 is 1.91 bits per heavy atom. The number of likely N-dealkylation sites (N-methyl/N-ethyl adjacent to an activating group) is 1. The molecule has 174 valence electrons. The van der Waals surface area contributed by atoms with Crippen molar-refractivity contribution in [3.63, 3.8) is 0 Å². The van der Waals surface area contributed by atoms with Crippen LogP contribution < -0.4 is 15.5 Å². The molecule has 0 aliphatic carbocycles. The Labute approximate surface area is 187 Å². The third kappa shape index (κ3) is 4.46. The molecule has 0 fully saturated rings. The van der Waals surface area contributed by atoms with E-state index < -0.39 is 29.6 Å². The number of rotatable bonds is 6. The van der Waals surface area contributed by atoms with Crippen molar-refractivity contribution in [1.29, 1.82) is 0 Å². The number of hydrogen-bond acceptors (Lipinski definition) is 7. The lowest BCUT2D eigenvalue weighted by Gasteiger charge is -2.36. The predicted octanol–water partition coefficient (Wildman–Crippen LogP) is 2.20. The molecule has 2 atom stereocenters. The number of anilines is 3. The number of nitrogens with one attached hydrogen (secondary N) is 2. The van der Waals surface area contributed by atoms with Gasteiger partial charge in [-0.3, -0.25) is 9.48 Å². The summed E-state index contributed by atoms with van der Waals surface area (Å²) in [5.41, 5.74) is 2.03. The minimum atomic E-state index is -1.51. The van der Waals surface area contributed by atoms with E-state index in [1.807, 2.05) is 0 Å². The van der Waals surface area contributed by atoms with E-state index in [0.29, 0.717) is 29.7 Å². The smallest absolute Gasteiger partial charge is 0.249 e. The monoisotopic (exact) mass is 461 g/mol. The summed E-state index contributed by atoms with van der Waals surface area (Å²) in [6.45, 7) is 3.64. The first-order chi connectivity index (χ1) is 15.6. The average Bonchev–Trinajstić information content (AvgIpc) is 3.18. The minimum Gasteiger partial charge on any atom is -0.391 e. The van der Waals surface area contributed by atoms with E-state index in [4.69, 9.17) is 0 Å². The molecule has 9 nitrogen and oxygen atoms in total. The van der Waals surface area contributed by atoms with E-state index >= 15 is 0 Å². The number of aliphatic hydroxyl groups is 1. The molecule has 0 bridgehead atoms. The van der Waals surface area contributed by atoms with Gasteiger partial charge in [0.05, 0.1) is 24.5 Å². The van der Waals surface area contributed by atoms with E-state index in [1.54, 1.807) is 31.3 Å². The van der Waals surface area contributed by atoms with E-state index in [1.165, 1.54) is 11.6 Å². The van der Waals surface area contributed by atoms with E-state index in [2.05, 4.69) is 25.7 Å². The molecular formula is C21H22F3N7O2. The zero-order valence-electron chi connectivity index (χ0n) is 18.1. The molecule has 3 heterocycles. The van der Waals surface area contributed by atoms with Crippen molar-refractivity contribution in [1.82, 2.24) is 19.7 Å². The molecule has 0 saturated heterocycles. The van der Waals surface area contributed by atoms with Crippen molar-refractivity contribution in [2.45, 2.75) is 39.1 Å². The van der Waals surface area contributed by atoms with Crippen molar-refractivity contribution < 1.29 is 23.1 Å². The number of aryl methyl sites for hydroxylation is 1. The largest absolute Gasteiger partial charge is 0.391 e. The zero-order valence-corrected chi connectivity index (χ0v) is 18.1. The summed E-state index contributed by atoms with van der Waals surface area (Å²) >= 11 is 0. The van der Waals surface area contributed by atoms with Gasteiger partial charge in [-0.2, -0.15) is 10.1 Å². The Balaban J connectivity index is 1.47. The summed E-state index contributed by atoms with van der Waals surface area (Å²) in [4.78, 5) is 22.7. The van der Waals surface area contributed by atoms with E-state index in [9.17, 15) is 23.1 Å². The van der Waals surface area contributed by atoms with Crippen LogP contribution in [0.5, 0.6) is 0 Å². The van der Waals surface area contributed by atoms with Gasteiger partial charge in [0, 0.05) is 25.4 Å². The van der Waals surface area contributed by atoms with Crippen LogP contribution in [-0.2, 0) is 17.9 Å². The summed E-state index contributed by atoms with van der Waals surface area (Å²) in [5, 5.41) is 19.9. The molecule has 0 spiro atoms. The second kappa shape index (κ2) is 8.70.